The summed E-state index contributed by atoms with van der Waals surface area (Å²) < 4.78 is 0. The monoisotopic (exact) mass is 1090 g/mol. The van der Waals surface area contributed by atoms with Crippen LogP contribution in [0.1, 0.15) is 219 Å². The Bertz CT molecular complexity index is 3330. The Balaban J connectivity index is 0.000000154. The molecule has 3 saturated carbocycles. The Hall–Kier alpha value is -6.50. The van der Waals surface area contributed by atoms with E-state index in [1.807, 2.05) is 6.08 Å². The zero-order valence-electron chi connectivity index (χ0n) is 54.1. The first kappa shape index (κ1) is 64.7. The fourth-order valence-corrected chi connectivity index (χ4v) is 12.0. The smallest absolute Gasteiger partial charge is 0.0152 e. The highest BCUT2D eigenvalue weighted by Gasteiger charge is 2.25. The van der Waals surface area contributed by atoms with Gasteiger partial charge >= 0.3 is 0 Å². The van der Waals surface area contributed by atoms with Crippen molar-refractivity contribution in [1.82, 2.24) is 0 Å². The van der Waals surface area contributed by atoms with Crippen LogP contribution < -0.4 is 0 Å². The van der Waals surface area contributed by atoms with E-state index in [2.05, 4.69) is 263 Å². The number of aryl methyl sites for hydroxylation is 15. The van der Waals surface area contributed by atoms with Crippen LogP contribution in [0.15, 0.2) is 152 Å². The van der Waals surface area contributed by atoms with Gasteiger partial charge in [0.2, 0.25) is 0 Å². The number of fused-ring (bicyclic) bond motifs is 1. The van der Waals surface area contributed by atoms with Crippen LogP contribution in [0.25, 0.3) is 22.4 Å². The molecule has 0 radical (unpaired) electrons. The lowest BCUT2D eigenvalue weighted by Gasteiger charge is -2.27. The van der Waals surface area contributed by atoms with Crippen molar-refractivity contribution < 1.29 is 0 Å². The third kappa shape index (κ3) is 19.0. The van der Waals surface area contributed by atoms with Crippen molar-refractivity contribution in [2.45, 2.75) is 212 Å². The van der Waals surface area contributed by atoms with Gasteiger partial charge < -0.3 is 0 Å². The highest BCUT2D eigenvalue weighted by atomic mass is 14.3. The first-order valence-corrected chi connectivity index (χ1v) is 31.5. The van der Waals surface area contributed by atoms with Crippen LogP contribution in [0, 0.1) is 104 Å². The van der Waals surface area contributed by atoms with Crippen molar-refractivity contribution in [2.24, 2.45) is 0 Å². The van der Waals surface area contributed by atoms with Gasteiger partial charge in [-0.2, -0.15) is 0 Å². The number of rotatable bonds is 6. The van der Waals surface area contributed by atoms with Crippen molar-refractivity contribution in [3.05, 3.63) is 269 Å². The molecule has 0 saturated heterocycles. The summed E-state index contributed by atoms with van der Waals surface area (Å²) in [6.07, 6.45) is 22.1. The molecule has 4 aliphatic carbocycles. The number of benzene rings is 8. The third-order valence-corrected chi connectivity index (χ3v) is 17.9. The zero-order chi connectivity index (χ0) is 59.5. The minimum atomic E-state index is 0.861. The van der Waals surface area contributed by atoms with Gasteiger partial charge in [0.15, 0.2) is 0 Å². The maximum Gasteiger partial charge on any atom is -0.0152 e. The summed E-state index contributed by atoms with van der Waals surface area (Å²) in [5.41, 5.74) is 31.5. The van der Waals surface area contributed by atoms with Gasteiger partial charge in [-0.05, 0) is 291 Å². The molecule has 0 heteroatoms. The van der Waals surface area contributed by atoms with E-state index in [9.17, 15) is 0 Å². The van der Waals surface area contributed by atoms with Crippen LogP contribution in [0.4, 0.5) is 0 Å². The quantitative estimate of drug-likeness (QED) is 0.156. The van der Waals surface area contributed by atoms with Crippen molar-refractivity contribution >= 4 is 22.4 Å². The van der Waals surface area contributed by atoms with Crippen molar-refractivity contribution in [3.8, 4) is 0 Å². The Morgan fingerprint density at radius 2 is 0.768 bits per heavy atom. The van der Waals surface area contributed by atoms with Crippen molar-refractivity contribution in [1.29, 1.82) is 0 Å². The molecule has 0 N–H and O–H groups in total. The predicted molar refractivity (Wildman–Crippen MR) is 365 cm³/mol. The van der Waals surface area contributed by atoms with Gasteiger partial charge in [0, 0.05) is 0 Å². The number of allylic oxidation sites excluding steroid dienone is 2. The molecule has 0 amide bonds. The molecule has 0 unspecified atom stereocenters. The fraction of sp³-hybridized carbons (Fsp3) is 0.390. The predicted octanol–water partition coefficient (Wildman–Crippen LogP) is 24.2. The molecule has 0 spiro atoms. The van der Waals surface area contributed by atoms with Gasteiger partial charge in [-0.25, -0.2) is 0 Å². The molecule has 432 valence electrons. The molecular weight excluding hydrogens is 985 g/mol. The second-order valence-electron chi connectivity index (χ2n) is 24.9. The molecule has 82 heavy (non-hydrogen) atoms. The average Bonchev–Trinajstić information content (AvgIpc) is 3.93. The van der Waals surface area contributed by atoms with E-state index >= 15 is 0 Å². The maximum atomic E-state index is 3.79. The molecule has 3 fully saturated rings. The van der Waals surface area contributed by atoms with Crippen LogP contribution in [-0.4, -0.2) is 0 Å². The minimum absolute atomic E-state index is 0.861. The SMILES string of the molecule is C=Cc1c(C)ccc(C)c1C.CCc1cc(C)ccc1C.Cc1ccc(C)c(C2=CCCC2)c1.Cc1ccc(C)c(C2CC2)c1.Cc1ccc(C)c(C2CCC2)c1.Cc1ccc(C)c(C2CCCC2)c1.Cc1ccc(C)c2ccccc12. The second-order valence-corrected chi connectivity index (χ2v) is 24.9. The first-order chi connectivity index (χ1) is 39.3. The normalized spacial score (nSPS) is 14.3. The zero-order valence-corrected chi connectivity index (χ0v) is 54.1. The first-order valence-electron chi connectivity index (χ1n) is 31.5. The van der Waals surface area contributed by atoms with Crippen LogP contribution in [0.3, 0.4) is 0 Å². The van der Waals surface area contributed by atoms with Gasteiger partial charge in [-0.15, -0.1) is 0 Å². The molecule has 0 nitrogen and oxygen atoms in total. The molecule has 12 rings (SSSR count). The molecule has 0 aromatic heterocycles. The van der Waals surface area contributed by atoms with Crippen LogP contribution >= 0.6 is 0 Å². The summed E-state index contributed by atoms with van der Waals surface area (Å²) in [7, 11) is 0. The highest BCUT2D eigenvalue weighted by molar-refractivity contribution is 5.88. The molecule has 0 bridgehead atoms. The van der Waals surface area contributed by atoms with Crippen molar-refractivity contribution in [3.63, 3.8) is 0 Å². The molecule has 4 aliphatic rings. The molecule has 8 aromatic rings. The van der Waals surface area contributed by atoms with E-state index in [1.54, 1.807) is 22.3 Å². The Morgan fingerprint density at radius 3 is 1.16 bits per heavy atom. The highest BCUT2D eigenvalue weighted by Crippen LogP contribution is 2.42. The fourth-order valence-electron chi connectivity index (χ4n) is 12.0. The average molecular weight is 1090 g/mol. The van der Waals surface area contributed by atoms with Gasteiger partial charge in [0.1, 0.15) is 0 Å². The van der Waals surface area contributed by atoms with E-state index in [0.717, 1.165) is 24.2 Å². The van der Waals surface area contributed by atoms with Gasteiger partial charge in [-0.3, -0.25) is 0 Å². The lowest BCUT2D eigenvalue weighted by Crippen LogP contribution is -2.10. The maximum absolute atomic E-state index is 3.79. The number of hydrogen-bond donors (Lipinski definition) is 0. The summed E-state index contributed by atoms with van der Waals surface area (Å²) in [5, 5.41) is 2.75. The standard InChI is InChI=1S/C13H18.C13H16.C12H16.C12H12.2C11H14.C10H14/c2*1-10-7-8-11(2)13(9-10)12-5-3-4-6-12;1-9-6-7-10(2)12(8-9)11-4-3-5-11;1-9-7-8-10(2)12-6-4-3-5-11(9)12;1-8-3-4-9(2)11(7-8)10-5-6-10;1-5-11-9(3)7-6-8(2)10(11)4;1-4-10-7-8(2)5-6-9(10)3/h7-9,12H,3-6H2,1-2H3;5,7-9H,3-4,6H2,1-2H3;6-8,11H,3-5H2,1-2H3;3-8H,1-2H3;3-4,7,10H,5-6H2,1-2H3;5-7H,1H2,2-4H3;5-7H,4H2,1-3H3. The van der Waals surface area contributed by atoms with E-state index in [4.69, 9.17) is 0 Å². The molecule has 0 atom stereocenters. The molecule has 8 aromatic carbocycles. The summed E-state index contributed by atoms with van der Waals surface area (Å²) in [4.78, 5) is 0. The van der Waals surface area contributed by atoms with Gasteiger partial charge in [0.25, 0.3) is 0 Å². The summed E-state index contributed by atoms with van der Waals surface area (Å²) in [6.45, 7) is 38.6. The largest absolute Gasteiger partial charge is 0.0985 e. The number of hydrogen-bond acceptors (Lipinski definition) is 0. The molecule has 0 aliphatic heterocycles. The lowest BCUT2D eigenvalue weighted by molar-refractivity contribution is 0.418. The minimum Gasteiger partial charge on any atom is -0.0985 e. The summed E-state index contributed by atoms with van der Waals surface area (Å²) in [6, 6.07) is 51.0. The molecular formula is C82H104. The molecule has 0 heterocycles. The van der Waals surface area contributed by atoms with Crippen molar-refractivity contribution in [2.75, 3.05) is 0 Å². The summed E-state index contributed by atoms with van der Waals surface area (Å²) in [5.74, 6) is 2.64. The Morgan fingerprint density at radius 1 is 0.378 bits per heavy atom. The third-order valence-electron chi connectivity index (χ3n) is 17.9. The topological polar surface area (TPSA) is 0 Å². The van der Waals surface area contributed by atoms with Gasteiger partial charge in [0.05, 0.1) is 0 Å². The van der Waals surface area contributed by atoms with Crippen LogP contribution in [0.2, 0.25) is 0 Å². The Labute approximate surface area is 500 Å². The summed E-state index contributed by atoms with van der Waals surface area (Å²) >= 11 is 0. The van der Waals surface area contributed by atoms with E-state index in [-0.39, 0.29) is 0 Å². The second kappa shape index (κ2) is 31.8. The van der Waals surface area contributed by atoms with Crippen LogP contribution in [-0.2, 0) is 6.42 Å². The Kier molecular flexibility index (Phi) is 25.1. The van der Waals surface area contributed by atoms with E-state index in [0.29, 0.717) is 0 Å². The van der Waals surface area contributed by atoms with E-state index in [1.165, 1.54) is 188 Å². The lowest BCUT2D eigenvalue weighted by atomic mass is 9.78. The van der Waals surface area contributed by atoms with E-state index < -0.39 is 0 Å². The van der Waals surface area contributed by atoms with Crippen LogP contribution in [0.5, 0.6) is 0 Å². The van der Waals surface area contributed by atoms with Gasteiger partial charge in [-0.1, -0.05) is 212 Å².